The summed E-state index contributed by atoms with van der Waals surface area (Å²) >= 11 is 0. The molecule has 0 spiro atoms. The van der Waals surface area contributed by atoms with Gasteiger partial charge in [0.25, 0.3) is 5.56 Å². The second kappa shape index (κ2) is 7.91. The van der Waals surface area contributed by atoms with Crippen LogP contribution in [0.5, 0.6) is 0 Å². The van der Waals surface area contributed by atoms with E-state index in [0.29, 0.717) is 25.0 Å². The summed E-state index contributed by atoms with van der Waals surface area (Å²) in [6, 6.07) is 8.45. The summed E-state index contributed by atoms with van der Waals surface area (Å²) in [6.45, 7) is 7.22. The largest absolute Gasteiger partial charge is 0.395 e. The van der Waals surface area contributed by atoms with Crippen LogP contribution in [0.25, 0.3) is 11.4 Å². The number of aromatic amines is 1. The van der Waals surface area contributed by atoms with Crippen LogP contribution in [0.3, 0.4) is 0 Å². The predicted octanol–water partition coefficient (Wildman–Crippen LogP) is 1.29. The third-order valence-corrected chi connectivity index (χ3v) is 4.65. The van der Waals surface area contributed by atoms with Crippen LogP contribution in [-0.2, 0) is 19.5 Å². The molecule has 1 aromatic carbocycles. The number of nitrogens with one attached hydrogen (secondary N) is 2. The highest BCUT2D eigenvalue weighted by Gasteiger charge is 2.16. The topological polar surface area (TPSA) is 81.2 Å². The van der Waals surface area contributed by atoms with Gasteiger partial charge in [-0.3, -0.25) is 9.69 Å². The fraction of sp³-hybridized carbons (Fsp3) is 0.474. The number of fused-ring (bicyclic) bond motifs is 1. The molecular weight excluding hydrogens is 316 g/mol. The minimum Gasteiger partial charge on any atom is -0.395 e. The van der Waals surface area contributed by atoms with Crippen molar-refractivity contribution in [2.75, 3.05) is 19.7 Å². The number of aromatic nitrogens is 2. The van der Waals surface area contributed by atoms with E-state index in [4.69, 9.17) is 0 Å². The van der Waals surface area contributed by atoms with Gasteiger partial charge in [0.15, 0.2) is 0 Å². The van der Waals surface area contributed by atoms with E-state index in [9.17, 15) is 9.90 Å². The maximum atomic E-state index is 12.3. The van der Waals surface area contributed by atoms with Crippen LogP contribution in [0, 0.1) is 0 Å². The first kappa shape index (κ1) is 17.8. The van der Waals surface area contributed by atoms with Crippen molar-refractivity contribution in [1.82, 2.24) is 20.2 Å². The molecule has 0 saturated carbocycles. The number of aliphatic hydroxyl groups excluding tert-OH is 1. The van der Waals surface area contributed by atoms with E-state index >= 15 is 0 Å². The highest BCUT2D eigenvalue weighted by molar-refractivity contribution is 5.56. The van der Waals surface area contributed by atoms with Crippen molar-refractivity contribution >= 4 is 0 Å². The highest BCUT2D eigenvalue weighted by atomic mass is 16.3. The van der Waals surface area contributed by atoms with Crippen molar-refractivity contribution in [3.63, 3.8) is 0 Å². The van der Waals surface area contributed by atoms with Gasteiger partial charge in [0.2, 0.25) is 0 Å². The molecule has 6 heteroatoms. The molecule has 3 N–H and O–H groups in total. The molecule has 1 aromatic heterocycles. The minimum atomic E-state index is -0.0540. The standard InChI is InChI=1S/C19H26N4O2/c1-13(2)23(8-9-24)12-14-4-3-5-15(10-14)18-21-17-6-7-20-11-16(17)19(25)22-18/h3-5,10,13,20,24H,6-9,11-12H2,1-2H3,(H,21,22,25). The summed E-state index contributed by atoms with van der Waals surface area (Å²) in [7, 11) is 0. The summed E-state index contributed by atoms with van der Waals surface area (Å²) in [5.41, 5.74) is 3.65. The lowest BCUT2D eigenvalue weighted by Gasteiger charge is -2.25. The molecule has 0 aliphatic carbocycles. The van der Waals surface area contributed by atoms with E-state index in [2.05, 4.69) is 46.2 Å². The Hall–Kier alpha value is -2.02. The zero-order valence-corrected chi connectivity index (χ0v) is 14.9. The van der Waals surface area contributed by atoms with Gasteiger partial charge in [-0.25, -0.2) is 4.98 Å². The van der Waals surface area contributed by atoms with Gasteiger partial charge in [0, 0.05) is 44.2 Å². The van der Waals surface area contributed by atoms with E-state index in [-0.39, 0.29) is 12.2 Å². The van der Waals surface area contributed by atoms with Crippen LogP contribution in [0.4, 0.5) is 0 Å². The smallest absolute Gasteiger partial charge is 0.255 e. The highest BCUT2D eigenvalue weighted by Crippen LogP contribution is 2.19. The monoisotopic (exact) mass is 342 g/mol. The molecular formula is C19H26N4O2. The van der Waals surface area contributed by atoms with Crippen LogP contribution in [0.15, 0.2) is 29.1 Å². The van der Waals surface area contributed by atoms with Crippen molar-refractivity contribution < 1.29 is 5.11 Å². The average molecular weight is 342 g/mol. The normalized spacial score (nSPS) is 14.1. The summed E-state index contributed by atoms with van der Waals surface area (Å²) in [6.07, 6.45) is 0.781. The quantitative estimate of drug-likeness (QED) is 0.737. The van der Waals surface area contributed by atoms with E-state index in [1.807, 2.05) is 12.1 Å². The van der Waals surface area contributed by atoms with Crippen molar-refractivity contribution in [1.29, 1.82) is 0 Å². The Balaban J connectivity index is 1.89. The fourth-order valence-electron chi connectivity index (χ4n) is 3.19. The Morgan fingerprint density at radius 3 is 2.96 bits per heavy atom. The summed E-state index contributed by atoms with van der Waals surface area (Å²) in [5, 5.41) is 12.5. The van der Waals surface area contributed by atoms with E-state index < -0.39 is 0 Å². The van der Waals surface area contributed by atoms with Gasteiger partial charge in [-0.1, -0.05) is 18.2 Å². The zero-order chi connectivity index (χ0) is 17.8. The van der Waals surface area contributed by atoms with Gasteiger partial charge in [-0.15, -0.1) is 0 Å². The predicted molar refractivity (Wildman–Crippen MR) is 98.3 cm³/mol. The maximum absolute atomic E-state index is 12.3. The van der Waals surface area contributed by atoms with Gasteiger partial charge < -0.3 is 15.4 Å². The van der Waals surface area contributed by atoms with Crippen LogP contribution in [0.2, 0.25) is 0 Å². The molecule has 0 unspecified atom stereocenters. The first-order chi connectivity index (χ1) is 12.1. The first-order valence-electron chi connectivity index (χ1n) is 8.85. The Morgan fingerprint density at radius 1 is 1.36 bits per heavy atom. The van der Waals surface area contributed by atoms with Crippen LogP contribution < -0.4 is 10.9 Å². The van der Waals surface area contributed by atoms with Gasteiger partial charge >= 0.3 is 0 Å². The first-order valence-corrected chi connectivity index (χ1v) is 8.85. The Bertz CT molecular complexity index is 785. The third kappa shape index (κ3) is 4.15. The number of rotatable bonds is 6. The molecule has 0 fully saturated rings. The van der Waals surface area contributed by atoms with E-state index in [1.54, 1.807) is 0 Å². The van der Waals surface area contributed by atoms with Gasteiger partial charge in [0.1, 0.15) is 5.82 Å². The molecule has 134 valence electrons. The van der Waals surface area contributed by atoms with E-state index in [0.717, 1.165) is 41.9 Å². The van der Waals surface area contributed by atoms with Gasteiger partial charge in [0.05, 0.1) is 17.9 Å². The number of hydrogen-bond donors (Lipinski definition) is 3. The van der Waals surface area contributed by atoms with E-state index in [1.165, 1.54) is 0 Å². The second-order valence-electron chi connectivity index (χ2n) is 6.75. The number of hydrogen-bond acceptors (Lipinski definition) is 5. The lowest BCUT2D eigenvalue weighted by molar-refractivity contribution is 0.159. The number of nitrogens with zero attached hydrogens (tertiary/aromatic N) is 2. The molecule has 1 aliphatic rings. The Morgan fingerprint density at radius 2 is 2.20 bits per heavy atom. The lowest BCUT2D eigenvalue weighted by atomic mass is 10.1. The lowest BCUT2D eigenvalue weighted by Crippen LogP contribution is -2.33. The third-order valence-electron chi connectivity index (χ3n) is 4.65. The second-order valence-corrected chi connectivity index (χ2v) is 6.75. The molecule has 2 aromatic rings. The van der Waals surface area contributed by atoms with Crippen molar-refractivity contribution in [2.24, 2.45) is 0 Å². The van der Waals surface area contributed by atoms with Crippen molar-refractivity contribution in [3.05, 3.63) is 51.4 Å². The Kier molecular flexibility index (Phi) is 5.63. The van der Waals surface area contributed by atoms with Crippen LogP contribution in [-0.4, -0.2) is 45.7 Å². The molecule has 3 rings (SSSR count). The molecule has 0 atom stereocenters. The molecule has 2 heterocycles. The molecule has 1 aliphatic heterocycles. The number of H-pyrrole nitrogens is 1. The van der Waals surface area contributed by atoms with Crippen LogP contribution >= 0.6 is 0 Å². The minimum absolute atomic E-state index is 0.0540. The molecule has 25 heavy (non-hydrogen) atoms. The van der Waals surface area contributed by atoms with Crippen molar-refractivity contribution in [3.8, 4) is 11.4 Å². The summed E-state index contributed by atoms with van der Waals surface area (Å²) in [5.74, 6) is 0.630. The summed E-state index contributed by atoms with van der Waals surface area (Å²) < 4.78 is 0. The average Bonchev–Trinajstić information content (AvgIpc) is 2.61. The molecule has 0 radical (unpaired) electrons. The molecule has 6 nitrogen and oxygen atoms in total. The Labute approximate surface area is 147 Å². The van der Waals surface area contributed by atoms with Gasteiger partial charge in [-0.05, 0) is 25.5 Å². The van der Waals surface area contributed by atoms with Crippen molar-refractivity contribution in [2.45, 2.75) is 39.4 Å². The fourth-order valence-corrected chi connectivity index (χ4v) is 3.19. The molecule has 0 saturated heterocycles. The van der Waals surface area contributed by atoms with Crippen LogP contribution in [0.1, 0.15) is 30.7 Å². The maximum Gasteiger partial charge on any atom is 0.255 e. The molecule has 0 amide bonds. The molecule has 0 bridgehead atoms. The SMILES string of the molecule is CC(C)N(CCO)Cc1cccc(-c2nc3c(c(=O)[nH]2)CNCC3)c1. The zero-order valence-electron chi connectivity index (χ0n) is 14.9. The summed E-state index contributed by atoms with van der Waals surface area (Å²) in [4.78, 5) is 22.1. The van der Waals surface area contributed by atoms with Gasteiger partial charge in [-0.2, -0.15) is 0 Å². The number of aliphatic hydroxyl groups is 1. The number of benzene rings is 1.